The van der Waals surface area contributed by atoms with Crippen molar-refractivity contribution >= 4 is 6.09 Å². The number of likely N-dealkylation sites (N-methyl/N-ethyl adjacent to an activating group) is 1. The lowest BCUT2D eigenvalue weighted by Gasteiger charge is -2.24. The molecule has 1 unspecified atom stereocenters. The zero-order chi connectivity index (χ0) is 15.8. The molecule has 1 aromatic carbocycles. The maximum absolute atomic E-state index is 12.0. The number of rotatable bonds is 5. The Labute approximate surface area is 133 Å². The predicted molar refractivity (Wildman–Crippen MR) is 87.8 cm³/mol. The molecule has 1 aliphatic heterocycles. The van der Waals surface area contributed by atoms with E-state index in [2.05, 4.69) is 29.1 Å². The van der Waals surface area contributed by atoms with Crippen molar-refractivity contribution in [2.45, 2.75) is 26.0 Å². The summed E-state index contributed by atoms with van der Waals surface area (Å²) in [6.07, 6.45) is 0.801. The van der Waals surface area contributed by atoms with Crippen molar-refractivity contribution in [3.8, 4) is 0 Å². The molecule has 1 heterocycles. The molecule has 5 heteroatoms. The molecule has 5 nitrogen and oxygen atoms in total. The summed E-state index contributed by atoms with van der Waals surface area (Å²) in [4.78, 5) is 16.7. The van der Waals surface area contributed by atoms with Gasteiger partial charge in [0.2, 0.25) is 0 Å². The second kappa shape index (κ2) is 8.76. The van der Waals surface area contributed by atoms with Crippen LogP contribution in [-0.4, -0.2) is 61.7 Å². The van der Waals surface area contributed by atoms with E-state index < -0.39 is 0 Å². The number of carbonyl (C=O) groups excluding carboxylic acids is 1. The fourth-order valence-electron chi connectivity index (χ4n) is 2.78. The molecule has 122 valence electrons. The predicted octanol–water partition coefficient (Wildman–Crippen LogP) is 1.94. The van der Waals surface area contributed by atoms with Crippen LogP contribution in [0.1, 0.15) is 18.9 Å². The van der Waals surface area contributed by atoms with Crippen LogP contribution in [0.3, 0.4) is 0 Å². The lowest BCUT2D eigenvalue weighted by molar-refractivity contribution is 0.131. The highest BCUT2D eigenvalue weighted by Gasteiger charge is 2.22. The third-order valence-corrected chi connectivity index (χ3v) is 3.88. The molecule has 1 aromatic rings. The van der Waals surface area contributed by atoms with E-state index in [0.29, 0.717) is 6.61 Å². The minimum atomic E-state index is -0.333. The first kappa shape index (κ1) is 16.8. The Bertz CT molecular complexity index is 452. The monoisotopic (exact) mass is 305 g/mol. The highest BCUT2D eigenvalue weighted by Crippen LogP contribution is 2.05. The fourth-order valence-corrected chi connectivity index (χ4v) is 2.78. The van der Waals surface area contributed by atoms with Crippen LogP contribution in [0.5, 0.6) is 0 Å². The van der Waals surface area contributed by atoms with Crippen LogP contribution in [0, 0.1) is 0 Å². The van der Waals surface area contributed by atoms with Crippen LogP contribution in [0.15, 0.2) is 30.3 Å². The lowest BCUT2D eigenvalue weighted by atomic mass is 10.2. The second-order valence-corrected chi connectivity index (χ2v) is 5.97. The number of hydrogen-bond acceptors (Lipinski definition) is 4. The van der Waals surface area contributed by atoms with Crippen LogP contribution in [0.4, 0.5) is 4.79 Å². The van der Waals surface area contributed by atoms with Gasteiger partial charge in [-0.2, -0.15) is 0 Å². The molecule has 0 bridgehead atoms. The van der Waals surface area contributed by atoms with E-state index in [-0.39, 0.29) is 12.1 Å². The molecule has 1 amide bonds. The number of hydrogen-bond donors (Lipinski definition) is 1. The molecule has 0 aliphatic carbocycles. The van der Waals surface area contributed by atoms with Gasteiger partial charge in [0.25, 0.3) is 0 Å². The molecule has 1 fully saturated rings. The van der Waals surface area contributed by atoms with E-state index in [1.54, 1.807) is 0 Å². The van der Waals surface area contributed by atoms with Crippen LogP contribution >= 0.6 is 0 Å². The third kappa shape index (κ3) is 5.66. The normalized spacial score (nSPS) is 20.4. The van der Waals surface area contributed by atoms with E-state index in [1.165, 1.54) is 0 Å². The molecular weight excluding hydrogens is 278 g/mol. The van der Waals surface area contributed by atoms with E-state index in [4.69, 9.17) is 4.74 Å². The quantitative estimate of drug-likeness (QED) is 0.903. The van der Waals surface area contributed by atoms with Crippen LogP contribution in [-0.2, 0) is 11.3 Å². The average molecular weight is 305 g/mol. The minimum absolute atomic E-state index is 0.113. The van der Waals surface area contributed by atoms with Gasteiger partial charge in [0.05, 0.1) is 6.04 Å². The smallest absolute Gasteiger partial charge is 0.407 e. The molecule has 0 radical (unpaired) electrons. The lowest BCUT2D eigenvalue weighted by Crippen LogP contribution is -2.46. The van der Waals surface area contributed by atoms with Gasteiger partial charge in [-0.3, -0.25) is 4.90 Å². The van der Waals surface area contributed by atoms with Gasteiger partial charge >= 0.3 is 6.09 Å². The minimum Gasteiger partial charge on any atom is -0.445 e. The number of ether oxygens (including phenoxy) is 1. The molecule has 0 spiro atoms. The molecule has 2 rings (SSSR count). The first-order valence-electron chi connectivity index (χ1n) is 8.05. The summed E-state index contributed by atoms with van der Waals surface area (Å²) in [6, 6.07) is 9.86. The summed E-state index contributed by atoms with van der Waals surface area (Å²) < 4.78 is 5.32. The zero-order valence-electron chi connectivity index (χ0n) is 13.6. The van der Waals surface area contributed by atoms with Gasteiger partial charge in [-0.1, -0.05) is 37.3 Å². The zero-order valence-corrected chi connectivity index (χ0v) is 13.6. The number of nitrogens with zero attached hydrogens (tertiary/aromatic N) is 2. The van der Waals surface area contributed by atoms with Crippen molar-refractivity contribution in [3.05, 3.63) is 35.9 Å². The summed E-state index contributed by atoms with van der Waals surface area (Å²) in [6.45, 7) is 7.42. The van der Waals surface area contributed by atoms with E-state index in [0.717, 1.165) is 44.7 Å². The van der Waals surface area contributed by atoms with E-state index in [1.807, 2.05) is 30.3 Å². The second-order valence-electron chi connectivity index (χ2n) is 5.97. The van der Waals surface area contributed by atoms with Crippen molar-refractivity contribution in [2.24, 2.45) is 0 Å². The summed E-state index contributed by atoms with van der Waals surface area (Å²) in [5.74, 6) is 0. The van der Waals surface area contributed by atoms with Crippen LogP contribution < -0.4 is 5.32 Å². The third-order valence-electron chi connectivity index (χ3n) is 3.88. The van der Waals surface area contributed by atoms with Crippen molar-refractivity contribution in [1.82, 2.24) is 15.1 Å². The Kier molecular flexibility index (Phi) is 6.68. The molecule has 1 N–H and O–H groups in total. The number of nitrogens with one attached hydrogen (secondary N) is 1. The molecule has 1 atom stereocenters. The summed E-state index contributed by atoms with van der Waals surface area (Å²) in [5.41, 5.74) is 1.00. The Balaban J connectivity index is 1.80. The van der Waals surface area contributed by atoms with Crippen LogP contribution in [0.25, 0.3) is 0 Å². The standard InChI is InChI=1S/C17H27N3O2/c1-3-9-20-11-10-19(2)12-16(13-20)18-17(21)22-14-15-7-5-4-6-8-15/h4-8,16H,3,9-14H2,1-2H3,(H,18,21). The summed E-state index contributed by atoms with van der Waals surface area (Å²) in [5, 5.41) is 3.00. The van der Waals surface area contributed by atoms with Crippen molar-refractivity contribution in [3.63, 3.8) is 0 Å². The molecule has 22 heavy (non-hydrogen) atoms. The molecule has 1 saturated heterocycles. The van der Waals surface area contributed by atoms with Gasteiger partial charge in [-0.25, -0.2) is 4.79 Å². The van der Waals surface area contributed by atoms with Crippen molar-refractivity contribution in [1.29, 1.82) is 0 Å². The first-order valence-corrected chi connectivity index (χ1v) is 8.05. The molecular formula is C17H27N3O2. The highest BCUT2D eigenvalue weighted by atomic mass is 16.5. The Morgan fingerprint density at radius 3 is 2.77 bits per heavy atom. The Hall–Kier alpha value is -1.59. The van der Waals surface area contributed by atoms with Crippen molar-refractivity contribution in [2.75, 3.05) is 39.8 Å². The molecule has 0 saturated carbocycles. The topological polar surface area (TPSA) is 44.8 Å². The Morgan fingerprint density at radius 1 is 1.27 bits per heavy atom. The van der Waals surface area contributed by atoms with Gasteiger partial charge in [-0.15, -0.1) is 0 Å². The number of alkyl carbamates (subject to hydrolysis) is 1. The van der Waals surface area contributed by atoms with Gasteiger partial charge in [0, 0.05) is 26.2 Å². The van der Waals surface area contributed by atoms with Gasteiger partial charge in [0.15, 0.2) is 0 Å². The number of carbonyl (C=O) groups is 1. The molecule has 1 aliphatic rings. The average Bonchev–Trinajstić information content (AvgIpc) is 2.68. The SMILES string of the molecule is CCCN1CCN(C)CC(NC(=O)OCc2ccccc2)C1. The molecule has 0 aromatic heterocycles. The van der Waals surface area contributed by atoms with Crippen molar-refractivity contribution < 1.29 is 9.53 Å². The summed E-state index contributed by atoms with van der Waals surface area (Å²) in [7, 11) is 2.10. The Morgan fingerprint density at radius 2 is 2.05 bits per heavy atom. The number of amides is 1. The maximum Gasteiger partial charge on any atom is 0.407 e. The number of benzene rings is 1. The largest absolute Gasteiger partial charge is 0.445 e. The first-order chi connectivity index (χ1) is 10.7. The van der Waals surface area contributed by atoms with Gasteiger partial charge in [0.1, 0.15) is 6.61 Å². The van der Waals surface area contributed by atoms with E-state index >= 15 is 0 Å². The fraction of sp³-hybridized carbons (Fsp3) is 0.588. The highest BCUT2D eigenvalue weighted by molar-refractivity contribution is 5.67. The van der Waals surface area contributed by atoms with E-state index in [9.17, 15) is 4.79 Å². The van der Waals surface area contributed by atoms with Gasteiger partial charge in [-0.05, 0) is 25.6 Å². The van der Waals surface area contributed by atoms with Gasteiger partial charge < -0.3 is 15.0 Å². The van der Waals surface area contributed by atoms with Crippen LogP contribution in [0.2, 0.25) is 0 Å². The summed E-state index contributed by atoms with van der Waals surface area (Å²) >= 11 is 0. The maximum atomic E-state index is 12.0.